The van der Waals surface area contributed by atoms with E-state index < -0.39 is 0 Å². The molecule has 1 N–H and O–H groups in total. The van der Waals surface area contributed by atoms with Crippen molar-refractivity contribution >= 4 is 11.6 Å². The first-order valence-electron chi connectivity index (χ1n) is 6.52. The first-order valence-corrected chi connectivity index (χ1v) is 6.90. The van der Waals surface area contributed by atoms with Gasteiger partial charge < -0.3 is 4.74 Å². The van der Waals surface area contributed by atoms with Crippen molar-refractivity contribution in [2.75, 3.05) is 19.7 Å². The standard InChI is InChI=1S/C12H17ClN6O/c1-8-15-12(17-16-8)11-7-19(3-4-20-11)6-10-9(13)5-14-18(10)2/h5,11H,3-4,6-7H2,1-2H3,(H,15,16,17). The molecule has 0 radical (unpaired) electrons. The second kappa shape index (κ2) is 5.51. The Morgan fingerprint density at radius 1 is 1.55 bits per heavy atom. The minimum absolute atomic E-state index is 0.0966. The molecule has 0 aliphatic carbocycles. The van der Waals surface area contributed by atoms with Gasteiger partial charge in [-0.1, -0.05) is 11.6 Å². The van der Waals surface area contributed by atoms with Gasteiger partial charge >= 0.3 is 0 Å². The maximum Gasteiger partial charge on any atom is 0.180 e. The second-order valence-corrected chi connectivity index (χ2v) is 5.34. The summed E-state index contributed by atoms with van der Waals surface area (Å²) in [4.78, 5) is 6.62. The number of halogens is 1. The normalized spacial score (nSPS) is 20.4. The molecule has 0 aromatic carbocycles. The SMILES string of the molecule is Cc1nc(C2CN(Cc3c(Cl)cnn3C)CCO2)n[nH]1. The molecule has 0 bridgehead atoms. The molecule has 0 amide bonds. The number of hydrogen-bond acceptors (Lipinski definition) is 5. The van der Waals surface area contributed by atoms with Crippen molar-refractivity contribution in [2.24, 2.45) is 7.05 Å². The Hall–Kier alpha value is -1.44. The molecule has 0 saturated carbocycles. The lowest BCUT2D eigenvalue weighted by atomic mass is 10.2. The maximum absolute atomic E-state index is 6.15. The molecule has 2 aromatic heterocycles. The quantitative estimate of drug-likeness (QED) is 0.917. The van der Waals surface area contributed by atoms with Crippen LogP contribution in [0.3, 0.4) is 0 Å². The van der Waals surface area contributed by atoms with E-state index in [0.717, 1.165) is 31.2 Å². The summed E-state index contributed by atoms with van der Waals surface area (Å²) in [6.07, 6.45) is 1.58. The molecule has 3 rings (SSSR count). The molecule has 2 aromatic rings. The van der Waals surface area contributed by atoms with Crippen LogP contribution >= 0.6 is 11.6 Å². The molecular weight excluding hydrogens is 280 g/mol. The smallest absolute Gasteiger partial charge is 0.180 e. The van der Waals surface area contributed by atoms with Crippen LogP contribution in [-0.4, -0.2) is 49.6 Å². The van der Waals surface area contributed by atoms with E-state index in [9.17, 15) is 0 Å². The summed E-state index contributed by atoms with van der Waals surface area (Å²) in [5, 5.41) is 11.9. The van der Waals surface area contributed by atoms with Crippen molar-refractivity contribution in [1.82, 2.24) is 29.9 Å². The summed E-state index contributed by atoms with van der Waals surface area (Å²) in [7, 11) is 1.90. The van der Waals surface area contributed by atoms with Crippen LogP contribution in [0, 0.1) is 6.92 Å². The largest absolute Gasteiger partial charge is 0.367 e. The summed E-state index contributed by atoms with van der Waals surface area (Å²) in [5.74, 6) is 1.51. The summed E-state index contributed by atoms with van der Waals surface area (Å²) in [5.41, 5.74) is 1.01. The number of morpholine rings is 1. The first kappa shape index (κ1) is 13.5. The Bertz CT molecular complexity index is 575. The van der Waals surface area contributed by atoms with E-state index in [-0.39, 0.29) is 6.10 Å². The average molecular weight is 297 g/mol. The summed E-state index contributed by atoms with van der Waals surface area (Å²) >= 11 is 6.15. The van der Waals surface area contributed by atoms with E-state index in [1.807, 2.05) is 18.7 Å². The van der Waals surface area contributed by atoms with Gasteiger partial charge in [0.2, 0.25) is 0 Å². The fourth-order valence-electron chi connectivity index (χ4n) is 2.33. The third kappa shape index (κ3) is 2.70. The van der Waals surface area contributed by atoms with Crippen LogP contribution in [0.4, 0.5) is 0 Å². The predicted molar refractivity (Wildman–Crippen MR) is 73.3 cm³/mol. The van der Waals surface area contributed by atoms with E-state index in [0.29, 0.717) is 17.5 Å². The average Bonchev–Trinajstić information content (AvgIpc) is 3.00. The summed E-state index contributed by atoms with van der Waals surface area (Å²) in [6, 6.07) is 0. The Kier molecular flexibility index (Phi) is 3.73. The zero-order valence-electron chi connectivity index (χ0n) is 11.5. The summed E-state index contributed by atoms with van der Waals surface area (Å²) in [6.45, 7) is 4.90. The number of nitrogens with one attached hydrogen (secondary N) is 1. The third-order valence-corrected chi connectivity index (χ3v) is 3.75. The van der Waals surface area contributed by atoms with Gasteiger partial charge in [-0.2, -0.15) is 10.2 Å². The van der Waals surface area contributed by atoms with Crippen molar-refractivity contribution in [1.29, 1.82) is 0 Å². The molecular formula is C12H17ClN6O. The van der Waals surface area contributed by atoms with Crippen molar-refractivity contribution in [2.45, 2.75) is 19.6 Å². The molecule has 0 spiro atoms. The fourth-order valence-corrected chi connectivity index (χ4v) is 2.56. The van der Waals surface area contributed by atoms with Gasteiger partial charge in [0.15, 0.2) is 5.82 Å². The number of rotatable bonds is 3. The lowest BCUT2D eigenvalue weighted by Gasteiger charge is -2.31. The van der Waals surface area contributed by atoms with Crippen LogP contribution in [0.25, 0.3) is 0 Å². The van der Waals surface area contributed by atoms with Crippen LogP contribution in [0.5, 0.6) is 0 Å². The Labute approximate surface area is 121 Å². The van der Waals surface area contributed by atoms with Crippen LogP contribution in [-0.2, 0) is 18.3 Å². The highest BCUT2D eigenvalue weighted by Gasteiger charge is 2.26. The van der Waals surface area contributed by atoms with Crippen LogP contribution in [0.15, 0.2) is 6.20 Å². The minimum Gasteiger partial charge on any atom is -0.367 e. The van der Waals surface area contributed by atoms with E-state index in [1.165, 1.54) is 0 Å². The molecule has 7 nitrogen and oxygen atoms in total. The second-order valence-electron chi connectivity index (χ2n) is 4.94. The zero-order chi connectivity index (χ0) is 14.1. The van der Waals surface area contributed by atoms with Crippen molar-refractivity contribution in [3.05, 3.63) is 28.6 Å². The third-order valence-electron chi connectivity index (χ3n) is 3.44. The van der Waals surface area contributed by atoms with Crippen molar-refractivity contribution < 1.29 is 4.74 Å². The molecule has 20 heavy (non-hydrogen) atoms. The maximum atomic E-state index is 6.15. The Balaban J connectivity index is 1.69. The molecule has 8 heteroatoms. The number of aryl methyl sites for hydroxylation is 2. The minimum atomic E-state index is -0.0966. The molecule has 1 aliphatic heterocycles. The number of nitrogens with zero attached hydrogens (tertiary/aromatic N) is 5. The van der Waals surface area contributed by atoms with Gasteiger partial charge in [0.05, 0.1) is 23.5 Å². The Morgan fingerprint density at radius 2 is 2.40 bits per heavy atom. The van der Waals surface area contributed by atoms with Gasteiger partial charge in [0, 0.05) is 26.7 Å². The first-order chi connectivity index (χ1) is 9.63. The number of hydrogen-bond donors (Lipinski definition) is 1. The van der Waals surface area contributed by atoms with Gasteiger partial charge in [0.1, 0.15) is 11.9 Å². The highest BCUT2D eigenvalue weighted by molar-refractivity contribution is 6.31. The molecule has 1 fully saturated rings. The van der Waals surface area contributed by atoms with Crippen LogP contribution in [0.2, 0.25) is 5.02 Å². The lowest BCUT2D eigenvalue weighted by molar-refractivity contribution is -0.0377. The summed E-state index contributed by atoms with van der Waals surface area (Å²) < 4.78 is 7.55. The highest BCUT2D eigenvalue weighted by atomic mass is 35.5. The number of aromatic nitrogens is 5. The monoisotopic (exact) mass is 296 g/mol. The molecule has 1 aliphatic rings. The number of ether oxygens (including phenoxy) is 1. The van der Waals surface area contributed by atoms with E-state index in [4.69, 9.17) is 16.3 Å². The van der Waals surface area contributed by atoms with Gasteiger partial charge in [0.25, 0.3) is 0 Å². The van der Waals surface area contributed by atoms with E-state index in [1.54, 1.807) is 6.20 Å². The van der Waals surface area contributed by atoms with Crippen molar-refractivity contribution in [3.63, 3.8) is 0 Å². The molecule has 1 atom stereocenters. The molecule has 1 unspecified atom stereocenters. The lowest BCUT2D eigenvalue weighted by Crippen LogP contribution is -2.38. The van der Waals surface area contributed by atoms with Gasteiger partial charge in [-0.15, -0.1) is 0 Å². The van der Waals surface area contributed by atoms with Crippen molar-refractivity contribution in [3.8, 4) is 0 Å². The Morgan fingerprint density at radius 3 is 3.05 bits per heavy atom. The van der Waals surface area contributed by atoms with E-state index >= 15 is 0 Å². The number of H-pyrrole nitrogens is 1. The van der Waals surface area contributed by atoms with Gasteiger partial charge in [-0.05, 0) is 6.92 Å². The molecule has 1 saturated heterocycles. The van der Waals surface area contributed by atoms with E-state index in [2.05, 4.69) is 25.2 Å². The fraction of sp³-hybridized carbons (Fsp3) is 0.583. The molecule has 108 valence electrons. The topological polar surface area (TPSA) is 71.9 Å². The van der Waals surface area contributed by atoms with Gasteiger partial charge in [-0.3, -0.25) is 14.7 Å². The highest BCUT2D eigenvalue weighted by Crippen LogP contribution is 2.22. The molecule has 3 heterocycles. The van der Waals surface area contributed by atoms with Gasteiger partial charge in [-0.25, -0.2) is 4.98 Å². The zero-order valence-corrected chi connectivity index (χ0v) is 12.3. The van der Waals surface area contributed by atoms with Crippen LogP contribution in [0.1, 0.15) is 23.4 Å². The van der Waals surface area contributed by atoms with Crippen LogP contribution < -0.4 is 0 Å². The number of aromatic amines is 1. The predicted octanol–water partition coefficient (Wildman–Crippen LogP) is 1.07.